The van der Waals surface area contributed by atoms with Gasteiger partial charge in [0.1, 0.15) is 11.6 Å². The number of furan rings is 1. The van der Waals surface area contributed by atoms with E-state index in [0.29, 0.717) is 11.3 Å². The molecular weight excluding hydrogens is 218 g/mol. The number of rotatable bonds is 2. The van der Waals surface area contributed by atoms with Crippen molar-refractivity contribution in [3.8, 4) is 0 Å². The Morgan fingerprint density at radius 1 is 1.50 bits per heavy atom. The third kappa shape index (κ3) is 1.82. The summed E-state index contributed by atoms with van der Waals surface area (Å²) >= 11 is 0. The van der Waals surface area contributed by atoms with Gasteiger partial charge in [-0.3, -0.25) is 0 Å². The molecule has 2 N–H and O–H groups in total. The van der Waals surface area contributed by atoms with Gasteiger partial charge in [-0.2, -0.15) is 0 Å². The van der Waals surface area contributed by atoms with Crippen molar-refractivity contribution in [2.45, 2.75) is 31.5 Å². The molecule has 0 spiro atoms. The van der Waals surface area contributed by atoms with Gasteiger partial charge >= 0.3 is 0 Å². The Morgan fingerprint density at radius 3 is 2.88 bits per heavy atom. The number of hydrogen-bond acceptors (Lipinski definition) is 3. The first-order valence-corrected chi connectivity index (χ1v) is 5.02. The molecule has 2 atom stereocenters. The molecule has 1 heterocycles. The minimum Gasteiger partial charge on any atom is -0.507 e. The van der Waals surface area contributed by atoms with Crippen LogP contribution in [0.2, 0.25) is 0 Å². The zero-order chi connectivity index (χ0) is 11.7. The number of aliphatic hydroxyl groups excluding tert-OH is 2. The average molecular weight is 230 g/mol. The third-order valence-electron chi connectivity index (χ3n) is 2.81. The average Bonchev–Trinajstić information content (AvgIpc) is 2.73. The first kappa shape index (κ1) is 11.1. The second-order valence-corrected chi connectivity index (χ2v) is 3.86. The quantitative estimate of drug-likeness (QED) is 0.821. The number of alkyl halides is 1. The summed E-state index contributed by atoms with van der Waals surface area (Å²) in [6, 6.07) is 1.57. The van der Waals surface area contributed by atoms with Gasteiger partial charge in [-0.05, 0) is 12.5 Å². The molecule has 0 fully saturated rings. The van der Waals surface area contributed by atoms with Crippen LogP contribution in [0.15, 0.2) is 28.3 Å². The van der Waals surface area contributed by atoms with E-state index in [1.165, 1.54) is 6.26 Å². The van der Waals surface area contributed by atoms with Gasteiger partial charge in [0.05, 0.1) is 12.9 Å². The molecule has 2 unspecified atom stereocenters. The predicted octanol–water partition coefficient (Wildman–Crippen LogP) is 2.73. The van der Waals surface area contributed by atoms with Crippen LogP contribution in [0.5, 0.6) is 0 Å². The lowest BCUT2D eigenvalue weighted by molar-refractivity contribution is 0.192. The van der Waals surface area contributed by atoms with Crippen molar-refractivity contribution in [3.63, 3.8) is 0 Å². The molecule has 16 heavy (non-hydrogen) atoms. The maximum Gasteiger partial charge on any atom is 0.160 e. The normalized spacial score (nSPS) is 26.2. The van der Waals surface area contributed by atoms with Gasteiger partial charge in [0.2, 0.25) is 0 Å². The highest BCUT2D eigenvalue weighted by molar-refractivity contribution is 5.25. The van der Waals surface area contributed by atoms with Crippen LogP contribution in [0, 0.1) is 0 Å². The summed E-state index contributed by atoms with van der Waals surface area (Å²) in [5.74, 6) is -1.73. The molecule has 0 aliphatic heterocycles. The van der Waals surface area contributed by atoms with Gasteiger partial charge in [-0.15, -0.1) is 0 Å². The van der Waals surface area contributed by atoms with Crippen LogP contribution in [0.1, 0.15) is 30.1 Å². The summed E-state index contributed by atoms with van der Waals surface area (Å²) in [6.45, 7) is -0.226. The van der Waals surface area contributed by atoms with Crippen molar-refractivity contribution in [1.29, 1.82) is 0 Å². The van der Waals surface area contributed by atoms with Crippen molar-refractivity contribution >= 4 is 0 Å². The Balaban J connectivity index is 2.25. The molecule has 0 saturated heterocycles. The molecular formula is C11H12F2O3. The highest BCUT2D eigenvalue weighted by Crippen LogP contribution is 2.39. The van der Waals surface area contributed by atoms with E-state index in [4.69, 9.17) is 14.6 Å². The van der Waals surface area contributed by atoms with E-state index >= 15 is 0 Å². The van der Waals surface area contributed by atoms with E-state index in [2.05, 4.69) is 0 Å². The van der Waals surface area contributed by atoms with Gasteiger partial charge in [0.15, 0.2) is 11.9 Å². The summed E-state index contributed by atoms with van der Waals surface area (Å²) < 4.78 is 31.6. The second kappa shape index (κ2) is 4.25. The zero-order valence-electron chi connectivity index (χ0n) is 8.49. The molecule has 3 nitrogen and oxygen atoms in total. The van der Waals surface area contributed by atoms with Crippen LogP contribution in [0.4, 0.5) is 8.78 Å². The number of hydrogen-bond donors (Lipinski definition) is 2. The smallest absolute Gasteiger partial charge is 0.160 e. The van der Waals surface area contributed by atoms with E-state index < -0.39 is 23.7 Å². The van der Waals surface area contributed by atoms with E-state index in [9.17, 15) is 8.78 Å². The van der Waals surface area contributed by atoms with Crippen molar-refractivity contribution in [1.82, 2.24) is 0 Å². The van der Waals surface area contributed by atoms with Gasteiger partial charge in [0, 0.05) is 17.9 Å². The van der Waals surface area contributed by atoms with Crippen molar-refractivity contribution in [3.05, 3.63) is 35.2 Å². The molecule has 1 aromatic rings. The van der Waals surface area contributed by atoms with Crippen molar-refractivity contribution in [2.75, 3.05) is 0 Å². The van der Waals surface area contributed by atoms with Gasteiger partial charge < -0.3 is 14.6 Å². The predicted molar refractivity (Wildman–Crippen MR) is 52.3 cm³/mol. The lowest BCUT2D eigenvalue weighted by Crippen LogP contribution is -2.18. The van der Waals surface area contributed by atoms with Gasteiger partial charge in [-0.25, -0.2) is 8.78 Å². The molecule has 0 aromatic carbocycles. The van der Waals surface area contributed by atoms with E-state index in [-0.39, 0.29) is 19.4 Å². The number of halogens is 2. The SMILES string of the molecule is OCc1ccoc1C1CC(F)=C(O)C(F)C1. The highest BCUT2D eigenvalue weighted by atomic mass is 19.1. The summed E-state index contributed by atoms with van der Waals surface area (Å²) in [4.78, 5) is 0. The Hall–Kier alpha value is -1.36. The third-order valence-corrected chi connectivity index (χ3v) is 2.81. The highest BCUT2D eigenvalue weighted by Gasteiger charge is 2.33. The van der Waals surface area contributed by atoms with Crippen LogP contribution in [-0.2, 0) is 6.61 Å². The Morgan fingerprint density at radius 2 is 2.25 bits per heavy atom. The maximum absolute atomic E-state index is 13.3. The van der Waals surface area contributed by atoms with E-state index in [0.717, 1.165) is 0 Å². The number of allylic oxidation sites excluding steroid dienone is 2. The fourth-order valence-electron chi connectivity index (χ4n) is 1.97. The van der Waals surface area contributed by atoms with Crippen LogP contribution < -0.4 is 0 Å². The zero-order valence-corrected chi connectivity index (χ0v) is 8.49. The molecule has 0 radical (unpaired) electrons. The molecule has 1 aliphatic carbocycles. The monoisotopic (exact) mass is 230 g/mol. The fraction of sp³-hybridized carbons (Fsp3) is 0.455. The van der Waals surface area contributed by atoms with Crippen molar-refractivity contribution in [2.24, 2.45) is 0 Å². The molecule has 0 amide bonds. The van der Waals surface area contributed by atoms with Crippen molar-refractivity contribution < 1.29 is 23.4 Å². The lowest BCUT2D eigenvalue weighted by atomic mass is 9.88. The van der Waals surface area contributed by atoms with E-state index in [1.54, 1.807) is 6.07 Å². The Labute approximate surface area is 91.0 Å². The maximum atomic E-state index is 13.3. The largest absolute Gasteiger partial charge is 0.507 e. The Bertz CT molecular complexity index is 411. The molecule has 2 rings (SSSR count). The topological polar surface area (TPSA) is 53.6 Å². The molecule has 0 bridgehead atoms. The Kier molecular flexibility index (Phi) is 2.96. The van der Waals surface area contributed by atoms with E-state index in [1.807, 2.05) is 0 Å². The minimum atomic E-state index is -1.70. The minimum absolute atomic E-state index is 0.0280. The van der Waals surface area contributed by atoms with Crippen LogP contribution in [0.25, 0.3) is 0 Å². The standard InChI is InChI=1S/C11H12F2O3/c12-8-3-7(4-9(13)10(8)15)11-6(5-14)1-2-16-11/h1-2,7-8,14-15H,3-5H2. The van der Waals surface area contributed by atoms with Crippen LogP contribution in [0.3, 0.4) is 0 Å². The second-order valence-electron chi connectivity index (χ2n) is 3.86. The first-order valence-electron chi connectivity index (χ1n) is 5.02. The molecule has 0 saturated carbocycles. The lowest BCUT2D eigenvalue weighted by Gasteiger charge is -2.22. The summed E-state index contributed by atoms with van der Waals surface area (Å²) in [5.41, 5.74) is 0.534. The summed E-state index contributed by atoms with van der Waals surface area (Å²) in [7, 11) is 0. The summed E-state index contributed by atoms with van der Waals surface area (Å²) in [5, 5.41) is 18.1. The van der Waals surface area contributed by atoms with Gasteiger partial charge in [0.25, 0.3) is 0 Å². The molecule has 1 aromatic heterocycles. The van der Waals surface area contributed by atoms with Crippen LogP contribution >= 0.6 is 0 Å². The number of aliphatic hydroxyl groups is 2. The van der Waals surface area contributed by atoms with Gasteiger partial charge in [-0.1, -0.05) is 0 Å². The van der Waals surface area contributed by atoms with Crippen LogP contribution in [-0.4, -0.2) is 16.4 Å². The summed E-state index contributed by atoms with van der Waals surface area (Å²) in [6.07, 6.45) is -0.438. The molecule has 5 heteroatoms. The molecule has 1 aliphatic rings. The first-order chi connectivity index (χ1) is 7.63. The fourth-order valence-corrected chi connectivity index (χ4v) is 1.97. The molecule has 88 valence electrons.